The van der Waals surface area contributed by atoms with Crippen LogP contribution in [0, 0.1) is 0 Å². The molecule has 0 saturated carbocycles. The third-order valence-corrected chi connectivity index (χ3v) is 4.31. The van der Waals surface area contributed by atoms with Crippen LogP contribution in [-0.2, 0) is 11.3 Å². The van der Waals surface area contributed by atoms with E-state index in [0.29, 0.717) is 25.5 Å². The van der Waals surface area contributed by atoms with Gasteiger partial charge >= 0.3 is 6.61 Å². The molecule has 2 rings (SSSR count). The molecule has 28 heavy (non-hydrogen) atoms. The zero-order chi connectivity index (χ0) is 19.8. The normalized spacial score (nSPS) is 16.6. The van der Waals surface area contributed by atoms with E-state index in [1.54, 1.807) is 19.2 Å². The highest BCUT2D eigenvalue weighted by atomic mass is 127. The van der Waals surface area contributed by atoms with E-state index in [-0.39, 0.29) is 47.4 Å². The largest absolute Gasteiger partial charge is 0.493 e. The number of likely N-dealkylation sites (tertiary alicyclic amines) is 1. The number of nitrogens with zero attached hydrogens (tertiary/aromatic N) is 2. The van der Waals surface area contributed by atoms with E-state index >= 15 is 0 Å². The van der Waals surface area contributed by atoms with Crippen molar-refractivity contribution >= 4 is 35.8 Å². The van der Waals surface area contributed by atoms with E-state index in [9.17, 15) is 13.6 Å². The van der Waals surface area contributed by atoms with Gasteiger partial charge in [0.05, 0.1) is 7.11 Å². The fourth-order valence-electron chi connectivity index (χ4n) is 2.92. The molecule has 1 aliphatic heterocycles. The molecule has 1 unspecified atom stereocenters. The lowest BCUT2D eigenvalue weighted by Gasteiger charge is -2.19. The van der Waals surface area contributed by atoms with Gasteiger partial charge in [-0.3, -0.25) is 9.79 Å². The molecular formula is C18H27F2IN4O3. The number of hydrogen-bond donors (Lipinski definition) is 2. The monoisotopic (exact) mass is 512 g/mol. The molecule has 1 heterocycles. The molecular weight excluding hydrogens is 485 g/mol. The average Bonchev–Trinajstić information content (AvgIpc) is 3.12. The second-order valence-electron chi connectivity index (χ2n) is 6.11. The summed E-state index contributed by atoms with van der Waals surface area (Å²) < 4.78 is 34.6. The summed E-state index contributed by atoms with van der Waals surface area (Å²) in [7, 11) is 3.05. The van der Waals surface area contributed by atoms with Gasteiger partial charge in [-0.25, -0.2) is 0 Å². The predicted molar refractivity (Wildman–Crippen MR) is 114 cm³/mol. The number of carbonyl (C=O) groups is 1. The van der Waals surface area contributed by atoms with Gasteiger partial charge in [-0.1, -0.05) is 13.0 Å². The van der Waals surface area contributed by atoms with Gasteiger partial charge in [0.1, 0.15) is 0 Å². The quantitative estimate of drug-likeness (QED) is 0.334. The first-order valence-corrected chi connectivity index (χ1v) is 8.83. The van der Waals surface area contributed by atoms with Crippen molar-refractivity contribution < 1.29 is 23.0 Å². The van der Waals surface area contributed by atoms with Gasteiger partial charge in [-0.15, -0.1) is 24.0 Å². The van der Waals surface area contributed by atoms with Crippen LogP contribution in [-0.4, -0.2) is 56.7 Å². The maximum absolute atomic E-state index is 12.5. The minimum Gasteiger partial charge on any atom is -0.493 e. The minimum absolute atomic E-state index is 0. The topological polar surface area (TPSA) is 75.2 Å². The molecule has 1 aliphatic rings. The Morgan fingerprint density at radius 1 is 1.39 bits per heavy atom. The van der Waals surface area contributed by atoms with Crippen LogP contribution >= 0.6 is 24.0 Å². The number of methoxy groups -OCH3 is 1. The molecule has 1 amide bonds. The van der Waals surface area contributed by atoms with Gasteiger partial charge in [-0.05, 0) is 24.1 Å². The van der Waals surface area contributed by atoms with E-state index in [1.807, 2.05) is 11.8 Å². The first kappa shape index (κ1) is 24.2. The van der Waals surface area contributed by atoms with Crippen LogP contribution in [0.15, 0.2) is 23.2 Å². The maximum atomic E-state index is 12.5. The second kappa shape index (κ2) is 11.9. The summed E-state index contributed by atoms with van der Waals surface area (Å²) in [4.78, 5) is 17.8. The van der Waals surface area contributed by atoms with Crippen molar-refractivity contribution in [2.75, 3.05) is 27.2 Å². The Balaban J connectivity index is 0.00000392. The van der Waals surface area contributed by atoms with Crippen molar-refractivity contribution in [2.24, 2.45) is 4.99 Å². The summed E-state index contributed by atoms with van der Waals surface area (Å²) in [6, 6.07) is 4.97. The second-order valence-corrected chi connectivity index (χ2v) is 6.11. The van der Waals surface area contributed by atoms with Crippen LogP contribution < -0.4 is 20.1 Å². The Kier molecular flexibility index (Phi) is 10.3. The number of guanidine groups is 1. The van der Waals surface area contributed by atoms with Gasteiger partial charge < -0.3 is 25.0 Å². The standard InChI is InChI=1S/C18H26F2N4O3.HI/c1-4-16(25)24-8-7-13(11-24)23-18(21-2)22-10-12-5-6-14(26-3)15(9-12)27-17(19)20;/h5-6,9,13,17H,4,7-8,10-11H2,1-3H3,(H2,21,22,23);1H. The summed E-state index contributed by atoms with van der Waals surface area (Å²) >= 11 is 0. The number of hydrogen-bond acceptors (Lipinski definition) is 4. The Morgan fingerprint density at radius 2 is 2.14 bits per heavy atom. The number of halogens is 3. The molecule has 0 aromatic heterocycles. The number of benzene rings is 1. The Morgan fingerprint density at radius 3 is 2.75 bits per heavy atom. The van der Waals surface area contributed by atoms with Crippen LogP contribution in [0.2, 0.25) is 0 Å². The molecule has 7 nitrogen and oxygen atoms in total. The van der Waals surface area contributed by atoms with Crippen molar-refractivity contribution in [1.29, 1.82) is 0 Å². The molecule has 0 spiro atoms. The van der Waals surface area contributed by atoms with Crippen LogP contribution in [0.1, 0.15) is 25.3 Å². The Bertz CT molecular complexity index is 676. The number of aliphatic imine (C=N–C) groups is 1. The maximum Gasteiger partial charge on any atom is 0.387 e. The zero-order valence-corrected chi connectivity index (χ0v) is 18.5. The molecule has 1 fully saturated rings. The first-order chi connectivity index (χ1) is 13.0. The van der Waals surface area contributed by atoms with Gasteiger partial charge in [0.25, 0.3) is 0 Å². The number of nitrogens with one attached hydrogen (secondary N) is 2. The van der Waals surface area contributed by atoms with Crippen molar-refractivity contribution in [1.82, 2.24) is 15.5 Å². The molecule has 1 aromatic carbocycles. The van der Waals surface area contributed by atoms with E-state index in [2.05, 4.69) is 20.4 Å². The summed E-state index contributed by atoms with van der Waals surface area (Å²) in [6.45, 7) is 0.668. The summed E-state index contributed by atoms with van der Waals surface area (Å²) in [5.74, 6) is 0.956. The van der Waals surface area contributed by atoms with Crippen molar-refractivity contribution in [3.63, 3.8) is 0 Å². The van der Waals surface area contributed by atoms with E-state index in [4.69, 9.17) is 4.74 Å². The smallest absolute Gasteiger partial charge is 0.387 e. The summed E-state index contributed by atoms with van der Waals surface area (Å²) in [5, 5.41) is 6.42. The summed E-state index contributed by atoms with van der Waals surface area (Å²) in [5.41, 5.74) is 0.739. The van der Waals surface area contributed by atoms with E-state index < -0.39 is 6.61 Å². The van der Waals surface area contributed by atoms with Crippen LogP contribution in [0.5, 0.6) is 11.5 Å². The molecule has 158 valence electrons. The van der Waals surface area contributed by atoms with Crippen LogP contribution in [0.25, 0.3) is 0 Å². The number of amides is 1. The van der Waals surface area contributed by atoms with E-state index in [0.717, 1.165) is 18.5 Å². The molecule has 1 aromatic rings. The highest BCUT2D eigenvalue weighted by molar-refractivity contribution is 14.0. The molecule has 0 aliphatic carbocycles. The van der Waals surface area contributed by atoms with Gasteiger partial charge in [0.15, 0.2) is 17.5 Å². The minimum atomic E-state index is -2.92. The van der Waals surface area contributed by atoms with Crippen LogP contribution in [0.3, 0.4) is 0 Å². The highest BCUT2D eigenvalue weighted by Crippen LogP contribution is 2.29. The third kappa shape index (κ3) is 6.95. The van der Waals surface area contributed by atoms with E-state index in [1.165, 1.54) is 13.2 Å². The SMILES string of the molecule is CCC(=O)N1CCC(NC(=NC)NCc2ccc(OC)c(OC(F)F)c2)C1.I. The van der Waals surface area contributed by atoms with Gasteiger partial charge in [0.2, 0.25) is 5.91 Å². The molecule has 0 radical (unpaired) electrons. The fourth-order valence-corrected chi connectivity index (χ4v) is 2.92. The lowest BCUT2D eigenvalue weighted by molar-refractivity contribution is -0.129. The lowest BCUT2D eigenvalue weighted by atomic mass is 10.2. The first-order valence-electron chi connectivity index (χ1n) is 8.83. The molecule has 0 bridgehead atoms. The number of carbonyl (C=O) groups excluding carboxylic acids is 1. The molecule has 10 heteroatoms. The Hall–Kier alpha value is -1.85. The molecule has 1 saturated heterocycles. The van der Waals surface area contributed by atoms with Crippen LogP contribution in [0.4, 0.5) is 8.78 Å². The molecule has 1 atom stereocenters. The highest BCUT2D eigenvalue weighted by Gasteiger charge is 2.25. The summed E-state index contributed by atoms with van der Waals surface area (Å²) in [6.07, 6.45) is 1.35. The molecule has 2 N–H and O–H groups in total. The fraction of sp³-hybridized carbons (Fsp3) is 0.556. The van der Waals surface area contributed by atoms with Crippen molar-refractivity contribution in [3.8, 4) is 11.5 Å². The zero-order valence-electron chi connectivity index (χ0n) is 16.2. The van der Waals surface area contributed by atoms with Crippen molar-refractivity contribution in [3.05, 3.63) is 23.8 Å². The average molecular weight is 512 g/mol. The van der Waals surface area contributed by atoms with Crippen molar-refractivity contribution in [2.45, 2.75) is 39.0 Å². The van der Waals surface area contributed by atoms with Gasteiger partial charge in [0, 0.05) is 39.1 Å². The number of ether oxygens (including phenoxy) is 2. The number of alkyl halides is 2. The number of rotatable bonds is 7. The predicted octanol–water partition coefficient (Wildman–Crippen LogP) is 2.59. The third-order valence-electron chi connectivity index (χ3n) is 4.31. The van der Waals surface area contributed by atoms with Gasteiger partial charge in [-0.2, -0.15) is 8.78 Å². The Labute approximate surface area is 180 Å². The lowest BCUT2D eigenvalue weighted by Crippen LogP contribution is -2.44.